The molecule has 0 aliphatic rings. The molecule has 0 fully saturated rings. The molecule has 0 saturated carbocycles. The second-order valence-electron chi connectivity index (χ2n) is 4.52. The molecule has 2 unspecified atom stereocenters. The summed E-state index contributed by atoms with van der Waals surface area (Å²) in [6.07, 6.45) is 1.45. The number of aliphatic hydroxyl groups is 1. The van der Waals surface area contributed by atoms with Crippen LogP contribution in [0.15, 0.2) is 17.5 Å². The smallest absolute Gasteiger partial charge is 0.222 e. The maximum absolute atomic E-state index is 11.8. The van der Waals surface area contributed by atoms with E-state index in [1.54, 1.807) is 23.2 Å². The van der Waals surface area contributed by atoms with E-state index in [0.29, 0.717) is 12.8 Å². The van der Waals surface area contributed by atoms with Crippen LogP contribution in [0.3, 0.4) is 0 Å². The van der Waals surface area contributed by atoms with Gasteiger partial charge in [-0.15, -0.1) is 11.3 Å². The largest absolute Gasteiger partial charge is 0.393 e. The summed E-state index contributed by atoms with van der Waals surface area (Å²) < 4.78 is 0. The average Bonchev–Trinajstić information content (AvgIpc) is 2.77. The van der Waals surface area contributed by atoms with E-state index < -0.39 is 6.10 Å². The molecule has 96 valence electrons. The molecule has 1 aromatic rings. The number of carbonyl (C=O) groups is 1. The summed E-state index contributed by atoms with van der Waals surface area (Å²) in [5.74, 6) is 0.106. The van der Waals surface area contributed by atoms with Crippen molar-refractivity contribution >= 4 is 17.2 Å². The third-order valence-corrected chi connectivity index (χ3v) is 3.81. The van der Waals surface area contributed by atoms with Gasteiger partial charge in [0.05, 0.1) is 6.10 Å². The van der Waals surface area contributed by atoms with Gasteiger partial charge in [0.2, 0.25) is 5.91 Å². The van der Waals surface area contributed by atoms with Gasteiger partial charge in [0.25, 0.3) is 0 Å². The number of carbonyl (C=O) groups excluding carboxylic acids is 1. The van der Waals surface area contributed by atoms with E-state index in [1.165, 1.54) is 4.88 Å². The molecule has 1 amide bonds. The summed E-state index contributed by atoms with van der Waals surface area (Å²) in [6.45, 7) is 3.77. The Labute approximate surface area is 107 Å². The molecule has 0 bridgehead atoms. The highest BCUT2D eigenvalue weighted by molar-refractivity contribution is 7.09. The minimum absolute atomic E-state index is 0.106. The zero-order valence-corrected chi connectivity index (χ0v) is 11.5. The number of hydrogen-bond acceptors (Lipinski definition) is 3. The molecule has 17 heavy (non-hydrogen) atoms. The van der Waals surface area contributed by atoms with E-state index in [2.05, 4.69) is 18.4 Å². The lowest BCUT2D eigenvalue weighted by molar-refractivity contribution is -0.132. The molecular formula is C13H21NO2S. The molecule has 0 saturated heterocycles. The highest BCUT2D eigenvalue weighted by Crippen LogP contribution is 2.14. The zero-order chi connectivity index (χ0) is 12.8. The first kappa shape index (κ1) is 14.2. The fourth-order valence-electron chi connectivity index (χ4n) is 1.61. The number of amides is 1. The van der Waals surface area contributed by atoms with Gasteiger partial charge in [-0.3, -0.25) is 4.79 Å². The Hall–Kier alpha value is -0.870. The SMILES string of the molecule is CC(O)CCC(=O)N(C)C(C)Cc1cccs1. The normalized spacial score (nSPS) is 14.4. The van der Waals surface area contributed by atoms with Crippen molar-refractivity contribution in [3.8, 4) is 0 Å². The first-order valence-electron chi connectivity index (χ1n) is 5.96. The predicted molar refractivity (Wildman–Crippen MR) is 71.2 cm³/mol. The van der Waals surface area contributed by atoms with Gasteiger partial charge in [0.1, 0.15) is 0 Å². The molecule has 1 N–H and O–H groups in total. The van der Waals surface area contributed by atoms with E-state index in [4.69, 9.17) is 5.11 Å². The first-order valence-corrected chi connectivity index (χ1v) is 6.84. The number of hydrogen-bond donors (Lipinski definition) is 1. The fourth-order valence-corrected chi connectivity index (χ4v) is 2.44. The van der Waals surface area contributed by atoms with Crippen LogP contribution in [0.1, 0.15) is 31.6 Å². The molecule has 0 aliphatic heterocycles. The van der Waals surface area contributed by atoms with Crippen molar-refractivity contribution in [3.05, 3.63) is 22.4 Å². The molecule has 0 aromatic carbocycles. The number of rotatable bonds is 6. The topological polar surface area (TPSA) is 40.5 Å². The summed E-state index contributed by atoms with van der Waals surface area (Å²) in [6, 6.07) is 4.33. The van der Waals surface area contributed by atoms with Gasteiger partial charge in [-0.05, 0) is 31.7 Å². The van der Waals surface area contributed by atoms with E-state index in [9.17, 15) is 4.79 Å². The van der Waals surface area contributed by atoms with Crippen molar-refractivity contribution in [2.45, 2.75) is 45.3 Å². The van der Waals surface area contributed by atoms with Crippen LogP contribution in [0.2, 0.25) is 0 Å². The highest BCUT2D eigenvalue weighted by Gasteiger charge is 2.16. The Morgan fingerprint density at radius 3 is 2.76 bits per heavy atom. The van der Waals surface area contributed by atoms with Crippen LogP contribution in [0.25, 0.3) is 0 Å². The van der Waals surface area contributed by atoms with Gasteiger partial charge in [-0.1, -0.05) is 6.07 Å². The maximum Gasteiger partial charge on any atom is 0.222 e. The maximum atomic E-state index is 11.8. The summed E-state index contributed by atoms with van der Waals surface area (Å²) >= 11 is 1.72. The Balaban J connectivity index is 2.40. The third kappa shape index (κ3) is 4.88. The second kappa shape index (κ2) is 6.77. The van der Waals surface area contributed by atoms with Crippen LogP contribution in [-0.2, 0) is 11.2 Å². The lowest BCUT2D eigenvalue weighted by atomic mass is 10.1. The number of nitrogens with zero attached hydrogens (tertiary/aromatic N) is 1. The molecule has 0 radical (unpaired) electrons. The van der Waals surface area contributed by atoms with Gasteiger partial charge in [-0.2, -0.15) is 0 Å². The second-order valence-corrected chi connectivity index (χ2v) is 5.56. The monoisotopic (exact) mass is 255 g/mol. The van der Waals surface area contributed by atoms with Crippen molar-refractivity contribution in [1.29, 1.82) is 0 Å². The van der Waals surface area contributed by atoms with Gasteiger partial charge < -0.3 is 10.0 Å². The van der Waals surface area contributed by atoms with E-state index in [-0.39, 0.29) is 11.9 Å². The number of likely N-dealkylation sites (N-methyl/N-ethyl adjacent to an activating group) is 1. The summed E-state index contributed by atoms with van der Waals surface area (Å²) in [5, 5.41) is 11.2. The van der Waals surface area contributed by atoms with E-state index in [0.717, 1.165) is 6.42 Å². The Morgan fingerprint density at radius 2 is 2.24 bits per heavy atom. The molecule has 2 atom stereocenters. The molecular weight excluding hydrogens is 234 g/mol. The highest BCUT2D eigenvalue weighted by atomic mass is 32.1. The van der Waals surface area contributed by atoms with Crippen LogP contribution in [0.5, 0.6) is 0 Å². The quantitative estimate of drug-likeness (QED) is 0.847. The van der Waals surface area contributed by atoms with Gasteiger partial charge >= 0.3 is 0 Å². The Kier molecular flexibility index (Phi) is 5.65. The summed E-state index contributed by atoms with van der Waals surface area (Å²) in [4.78, 5) is 14.9. The van der Waals surface area contributed by atoms with Crippen molar-refractivity contribution in [2.75, 3.05) is 7.05 Å². The number of thiophene rings is 1. The van der Waals surface area contributed by atoms with Gasteiger partial charge in [0, 0.05) is 30.8 Å². The van der Waals surface area contributed by atoms with Crippen LogP contribution in [-0.4, -0.2) is 35.1 Å². The predicted octanol–water partition coefficient (Wildman–Crippen LogP) is 2.30. The molecule has 1 heterocycles. The molecule has 1 rings (SSSR count). The summed E-state index contributed by atoms with van der Waals surface area (Å²) in [5.41, 5.74) is 0. The van der Waals surface area contributed by atoms with E-state index in [1.807, 2.05) is 13.1 Å². The Morgan fingerprint density at radius 1 is 1.53 bits per heavy atom. The number of aliphatic hydroxyl groups excluding tert-OH is 1. The Bertz CT molecular complexity index is 335. The van der Waals surface area contributed by atoms with Crippen LogP contribution in [0.4, 0.5) is 0 Å². The lowest BCUT2D eigenvalue weighted by Crippen LogP contribution is -2.36. The van der Waals surface area contributed by atoms with Crippen molar-refractivity contribution < 1.29 is 9.90 Å². The first-order chi connectivity index (χ1) is 8.00. The zero-order valence-electron chi connectivity index (χ0n) is 10.7. The van der Waals surface area contributed by atoms with Crippen LogP contribution in [0, 0.1) is 0 Å². The van der Waals surface area contributed by atoms with Crippen LogP contribution < -0.4 is 0 Å². The van der Waals surface area contributed by atoms with Crippen molar-refractivity contribution in [3.63, 3.8) is 0 Å². The molecule has 3 nitrogen and oxygen atoms in total. The van der Waals surface area contributed by atoms with Crippen LogP contribution >= 0.6 is 11.3 Å². The molecule has 0 aliphatic carbocycles. The van der Waals surface area contributed by atoms with Gasteiger partial charge in [0.15, 0.2) is 0 Å². The third-order valence-electron chi connectivity index (χ3n) is 2.91. The van der Waals surface area contributed by atoms with Crippen molar-refractivity contribution in [1.82, 2.24) is 4.90 Å². The lowest BCUT2D eigenvalue weighted by Gasteiger charge is -2.25. The average molecular weight is 255 g/mol. The fraction of sp³-hybridized carbons (Fsp3) is 0.615. The minimum Gasteiger partial charge on any atom is -0.393 e. The summed E-state index contributed by atoms with van der Waals surface area (Å²) in [7, 11) is 1.84. The van der Waals surface area contributed by atoms with Gasteiger partial charge in [-0.25, -0.2) is 0 Å². The minimum atomic E-state index is -0.403. The molecule has 0 spiro atoms. The van der Waals surface area contributed by atoms with Crippen molar-refractivity contribution in [2.24, 2.45) is 0 Å². The standard InChI is InChI=1S/C13H21NO2S/c1-10(9-12-5-4-8-17-12)14(3)13(16)7-6-11(2)15/h4-5,8,10-11,15H,6-7,9H2,1-3H3. The molecule has 1 aromatic heterocycles. The van der Waals surface area contributed by atoms with E-state index >= 15 is 0 Å². The molecule has 4 heteroatoms.